The molecule has 3 aromatic rings. The predicted octanol–water partition coefficient (Wildman–Crippen LogP) is 4.49. The Morgan fingerprint density at radius 1 is 1.29 bits per heavy atom. The Labute approximate surface area is 153 Å². The summed E-state index contributed by atoms with van der Waals surface area (Å²) in [6, 6.07) is 7.15. The minimum Gasteiger partial charge on any atom is -0.316 e. The van der Waals surface area contributed by atoms with E-state index >= 15 is 0 Å². The number of hydrogen-bond donors (Lipinski definition) is 1. The van der Waals surface area contributed by atoms with Crippen LogP contribution in [-0.4, -0.2) is 31.3 Å². The highest BCUT2D eigenvalue weighted by atomic mass is 35.5. The van der Waals surface area contributed by atoms with Gasteiger partial charge in [0.1, 0.15) is 6.33 Å². The van der Waals surface area contributed by atoms with Crippen molar-refractivity contribution < 1.29 is 4.79 Å². The van der Waals surface area contributed by atoms with Crippen LogP contribution in [0.25, 0.3) is 5.69 Å². The fraction of sp³-hybridized carbons (Fsp3) is 0.188. The molecule has 0 aliphatic carbocycles. The molecule has 24 heavy (non-hydrogen) atoms. The molecule has 1 N–H and O–H groups in total. The van der Waals surface area contributed by atoms with Crippen molar-refractivity contribution in [2.24, 2.45) is 0 Å². The van der Waals surface area contributed by atoms with E-state index in [0.717, 1.165) is 17.1 Å². The molecule has 2 aromatic heterocycles. The van der Waals surface area contributed by atoms with E-state index in [9.17, 15) is 4.79 Å². The van der Waals surface area contributed by atoms with Gasteiger partial charge in [-0.15, -0.1) is 0 Å². The molecule has 5 nitrogen and oxygen atoms in total. The first-order valence-corrected chi connectivity index (χ1v) is 8.87. The Bertz CT molecular complexity index is 890. The number of nitrogens with one attached hydrogen (secondary N) is 1. The second-order valence-electron chi connectivity index (χ2n) is 5.22. The Morgan fingerprint density at radius 3 is 2.79 bits per heavy atom. The Hall–Kier alpha value is -1.76. The van der Waals surface area contributed by atoms with Crippen LogP contribution in [0.4, 0.5) is 0 Å². The fourth-order valence-electron chi connectivity index (χ4n) is 2.55. The Morgan fingerprint density at radius 2 is 2.08 bits per heavy atom. The third kappa shape index (κ3) is 3.36. The highest BCUT2D eigenvalue weighted by Gasteiger charge is 2.18. The van der Waals surface area contributed by atoms with Gasteiger partial charge in [-0.05, 0) is 38.1 Å². The van der Waals surface area contributed by atoms with Gasteiger partial charge in [-0.3, -0.25) is 9.89 Å². The summed E-state index contributed by atoms with van der Waals surface area (Å²) in [5.41, 5.74) is 3.18. The number of carbonyl (C=O) groups excluding carboxylic acids is 1. The van der Waals surface area contributed by atoms with Gasteiger partial charge in [-0.2, -0.15) is 5.10 Å². The average molecular weight is 381 g/mol. The van der Waals surface area contributed by atoms with Gasteiger partial charge in [0, 0.05) is 22.0 Å². The number of aryl methyl sites for hydroxylation is 1. The lowest BCUT2D eigenvalue weighted by atomic mass is 10.2. The summed E-state index contributed by atoms with van der Waals surface area (Å²) in [6.07, 6.45) is 1.42. The SMILES string of the molecule is Cc1cc(C(=O)CSc2ncn[nH]2)c(C)n1-c1cc(Cl)ccc1Cl. The lowest BCUT2D eigenvalue weighted by Gasteiger charge is -2.12. The van der Waals surface area contributed by atoms with Gasteiger partial charge in [0.25, 0.3) is 0 Å². The molecule has 0 unspecified atom stereocenters. The van der Waals surface area contributed by atoms with Gasteiger partial charge in [0.2, 0.25) is 0 Å². The number of ketones is 1. The second-order valence-corrected chi connectivity index (χ2v) is 7.03. The van der Waals surface area contributed by atoms with Crippen molar-refractivity contribution in [1.29, 1.82) is 0 Å². The summed E-state index contributed by atoms with van der Waals surface area (Å²) in [5.74, 6) is 0.303. The summed E-state index contributed by atoms with van der Waals surface area (Å²) in [7, 11) is 0. The molecule has 0 bridgehead atoms. The monoisotopic (exact) mass is 380 g/mol. The van der Waals surface area contributed by atoms with Crippen molar-refractivity contribution in [1.82, 2.24) is 19.7 Å². The van der Waals surface area contributed by atoms with Gasteiger partial charge in [-0.25, -0.2) is 4.98 Å². The minimum atomic E-state index is 0.0221. The normalized spacial score (nSPS) is 11.0. The van der Waals surface area contributed by atoms with E-state index in [0.29, 0.717) is 20.8 Å². The number of rotatable bonds is 5. The number of carbonyl (C=O) groups is 1. The quantitative estimate of drug-likeness (QED) is 0.522. The molecule has 0 fully saturated rings. The van der Waals surface area contributed by atoms with Crippen LogP contribution in [0.1, 0.15) is 21.7 Å². The lowest BCUT2D eigenvalue weighted by molar-refractivity contribution is 0.102. The van der Waals surface area contributed by atoms with E-state index in [1.165, 1.54) is 18.1 Å². The number of benzene rings is 1. The Kier molecular flexibility index (Phi) is 4.99. The summed E-state index contributed by atoms with van der Waals surface area (Å²) < 4.78 is 1.95. The number of hydrogen-bond acceptors (Lipinski definition) is 4. The smallest absolute Gasteiger partial charge is 0.183 e. The lowest BCUT2D eigenvalue weighted by Crippen LogP contribution is -2.06. The van der Waals surface area contributed by atoms with Crippen molar-refractivity contribution in [3.8, 4) is 5.69 Å². The fourth-order valence-corrected chi connectivity index (χ4v) is 3.58. The number of thioether (sulfide) groups is 1. The van der Waals surface area contributed by atoms with Crippen LogP contribution in [0, 0.1) is 13.8 Å². The highest BCUT2D eigenvalue weighted by molar-refractivity contribution is 7.99. The zero-order valence-corrected chi connectivity index (χ0v) is 15.3. The molecular formula is C16H14Cl2N4OS. The molecule has 2 heterocycles. The zero-order valence-electron chi connectivity index (χ0n) is 13.0. The van der Waals surface area contributed by atoms with Crippen molar-refractivity contribution in [3.05, 3.63) is 57.6 Å². The molecule has 0 aliphatic rings. The van der Waals surface area contributed by atoms with Gasteiger partial charge in [0.05, 0.1) is 16.5 Å². The maximum atomic E-state index is 12.6. The standard InChI is InChI=1S/C16H14Cl2N4OS/c1-9-5-12(15(23)7-24-16-19-8-20-21-16)10(2)22(9)14-6-11(17)3-4-13(14)18/h3-6,8H,7H2,1-2H3,(H,19,20,21). The molecule has 0 spiro atoms. The van der Waals surface area contributed by atoms with Crippen LogP contribution in [0.2, 0.25) is 10.0 Å². The number of Topliss-reactive ketones (excluding diaryl/α,β-unsaturated/α-hetero) is 1. The molecule has 1 aromatic carbocycles. The molecule has 0 saturated heterocycles. The number of halogens is 2. The van der Waals surface area contributed by atoms with Crippen molar-refractivity contribution in [2.45, 2.75) is 19.0 Å². The molecule has 0 radical (unpaired) electrons. The number of H-pyrrole nitrogens is 1. The van der Waals surface area contributed by atoms with Crippen molar-refractivity contribution >= 4 is 40.7 Å². The second kappa shape index (κ2) is 7.01. The van der Waals surface area contributed by atoms with E-state index in [1.54, 1.807) is 18.2 Å². The first-order valence-electron chi connectivity index (χ1n) is 7.13. The third-order valence-electron chi connectivity index (χ3n) is 3.61. The molecule has 0 amide bonds. The topological polar surface area (TPSA) is 63.6 Å². The summed E-state index contributed by atoms with van der Waals surface area (Å²) >= 11 is 13.7. The van der Waals surface area contributed by atoms with Crippen LogP contribution in [0.15, 0.2) is 35.7 Å². The molecule has 124 valence electrons. The average Bonchev–Trinajstić information content (AvgIpc) is 3.16. The molecule has 0 atom stereocenters. The van der Waals surface area contributed by atoms with Crippen LogP contribution < -0.4 is 0 Å². The Balaban J connectivity index is 1.91. The largest absolute Gasteiger partial charge is 0.316 e. The van der Waals surface area contributed by atoms with Crippen LogP contribution in [0.3, 0.4) is 0 Å². The van der Waals surface area contributed by atoms with E-state index in [4.69, 9.17) is 23.2 Å². The molecule has 8 heteroatoms. The number of aromatic amines is 1. The number of nitrogens with zero attached hydrogens (tertiary/aromatic N) is 3. The van der Waals surface area contributed by atoms with Crippen LogP contribution >= 0.6 is 35.0 Å². The van der Waals surface area contributed by atoms with Gasteiger partial charge < -0.3 is 4.57 Å². The van der Waals surface area contributed by atoms with Gasteiger partial charge >= 0.3 is 0 Å². The van der Waals surface area contributed by atoms with Gasteiger partial charge in [0.15, 0.2) is 10.9 Å². The molecular weight excluding hydrogens is 367 g/mol. The first-order chi connectivity index (χ1) is 11.5. The van der Waals surface area contributed by atoms with E-state index in [-0.39, 0.29) is 11.5 Å². The van der Waals surface area contributed by atoms with Gasteiger partial charge in [-0.1, -0.05) is 35.0 Å². The first kappa shape index (κ1) is 17.1. The van der Waals surface area contributed by atoms with Crippen molar-refractivity contribution in [3.63, 3.8) is 0 Å². The zero-order chi connectivity index (χ0) is 17.3. The number of aromatic nitrogens is 4. The molecule has 3 rings (SSSR count). The van der Waals surface area contributed by atoms with E-state index < -0.39 is 0 Å². The highest BCUT2D eigenvalue weighted by Crippen LogP contribution is 2.29. The van der Waals surface area contributed by atoms with Crippen LogP contribution in [0.5, 0.6) is 0 Å². The third-order valence-corrected chi connectivity index (χ3v) is 5.04. The predicted molar refractivity (Wildman–Crippen MR) is 96.7 cm³/mol. The minimum absolute atomic E-state index is 0.0221. The van der Waals surface area contributed by atoms with Crippen molar-refractivity contribution in [2.75, 3.05) is 5.75 Å². The van der Waals surface area contributed by atoms with Crippen LogP contribution in [-0.2, 0) is 0 Å². The summed E-state index contributed by atoms with van der Waals surface area (Å²) in [5, 5.41) is 8.29. The maximum Gasteiger partial charge on any atom is 0.183 e. The van der Waals surface area contributed by atoms with E-state index in [1.807, 2.05) is 24.5 Å². The summed E-state index contributed by atoms with van der Waals surface area (Å²) in [6.45, 7) is 3.83. The van der Waals surface area contributed by atoms with E-state index in [2.05, 4.69) is 15.2 Å². The maximum absolute atomic E-state index is 12.6. The molecule has 0 aliphatic heterocycles. The molecule has 0 saturated carbocycles. The summed E-state index contributed by atoms with van der Waals surface area (Å²) in [4.78, 5) is 16.6.